The molecule has 1 fully saturated rings. The van der Waals surface area contributed by atoms with Crippen LogP contribution in [-0.2, 0) is 20.8 Å². The van der Waals surface area contributed by atoms with E-state index in [-0.39, 0.29) is 24.8 Å². The monoisotopic (exact) mass is 290 g/mol. The van der Waals surface area contributed by atoms with Gasteiger partial charge >= 0.3 is 5.97 Å². The van der Waals surface area contributed by atoms with Crippen LogP contribution in [0.1, 0.15) is 18.4 Å². The highest BCUT2D eigenvalue weighted by atomic mass is 16.4. The molecule has 6 nitrogen and oxygen atoms in total. The van der Waals surface area contributed by atoms with Gasteiger partial charge in [-0.3, -0.25) is 14.4 Å². The van der Waals surface area contributed by atoms with Crippen LogP contribution in [0.15, 0.2) is 30.3 Å². The summed E-state index contributed by atoms with van der Waals surface area (Å²) >= 11 is 0. The third kappa shape index (κ3) is 4.30. The maximum atomic E-state index is 12.1. The van der Waals surface area contributed by atoms with Gasteiger partial charge in [0, 0.05) is 6.54 Å². The van der Waals surface area contributed by atoms with E-state index < -0.39 is 12.0 Å². The van der Waals surface area contributed by atoms with Crippen LogP contribution in [0.3, 0.4) is 0 Å². The second-order valence-corrected chi connectivity index (χ2v) is 5.08. The predicted molar refractivity (Wildman–Crippen MR) is 75.5 cm³/mol. The molecule has 0 aliphatic carbocycles. The highest BCUT2D eigenvalue weighted by molar-refractivity contribution is 5.90. The fourth-order valence-electron chi connectivity index (χ4n) is 2.42. The average Bonchev–Trinajstić information content (AvgIpc) is 2.44. The van der Waals surface area contributed by atoms with Crippen LogP contribution in [-0.4, -0.2) is 46.9 Å². The van der Waals surface area contributed by atoms with E-state index in [4.69, 9.17) is 5.11 Å². The van der Waals surface area contributed by atoms with Crippen LogP contribution in [0.25, 0.3) is 0 Å². The number of amides is 2. The third-order valence-electron chi connectivity index (χ3n) is 3.40. The number of aliphatic carboxylic acids is 1. The molecule has 0 unspecified atom stereocenters. The Bertz CT molecular complexity index is 530. The van der Waals surface area contributed by atoms with Crippen molar-refractivity contribution in [1.29, 1.82) is 0 Å². The molecule has 112 valence electrons. The average molecular weight is 290 g/mol. The number of carboxylic acid groups (broad SMARTS) is 1. The quantitative estimate of drug-likeness (QED) is 0.823. The van der Waals surface area contributed by atoms with Crippen molar-refractivity contribution in [3.8, 4) is 0 Å². The number of hydrogen-bond acceptors (Lipinski definition) is 3. The Morgan fingerprint density at radius 1 is 1.29 bits per heavy atom. The Hall–Kier alpha value is -2.37. The van der Waals surface area contributed by atoms with E-state index in [0.29, 0.717) is 19.4 Å². The van der Waals surface area contributed by atoms with E-state index >= 15 is 0 Å². The smallest absolute Gasteiger partial charge is 0.323 e. The number of carbonyl (C=O) groups is 3. The Morgan fingerprint density at radius 3 is 2.67 bits per heavy atom. The van der Waals surface area contributed by atoms with Gasteiger partial charge in [0.2, 0.25) is 11.8 Å². The van der Waals surface area contributed by atoms with Crippen LogP contribution < -0.4 is 5.32 Å². The van der Waals surface area contributed by atoms with Crippen LogP contribution >= 0.6 is 0 Å². The number of piperidine rings is 1. The summed E-state index contributed by atoms with van der Waals surface area (Å²) in [6.45, 7) is 0.111. The lowest BCUT2D eigenvalue weighted by atomic mass is 10.0. The van der Waals surface area contributed by atoms with Crippen LogP contribution in [0.4, 0.5) is 0 Å². The predicted octanol–water partition coefficient (Wildman–Crippen LogP) is 0.421. The van der Waals surface area contributed by atoms with Gasteiger partial charge in [-0.2, -0.15) is 0 Å². The molecule has 2 N–H and O–H groups in total. The zero-order valence-electron chi connectivity index (χ0n) is 11.6. The summed E-state index contributed by atoms with van der Waals surface area (Å²) in [5.74, 6) is -1.58. The van der Waals surface area contributed by atoms with Crippen LogP contribution in [0.2, 0.25) is 0 Å². The number of benzene rings is 1. The second-order valence-electron chi connectivity index (χ2n) is 5.08. The summed E-state index contributed by atoms with van der Waals surface area (Å²) in [4.78, 5) is 36.0. The number of nitrogens with zero attached hydrogens (tertiary/aromatic N) is 1. The molecule has 1 atom stereocenters. The van der Waals surface area contributed by atoms with E-state index in [1.807, 2.05) is 30.3 Å². The minimum atomic E-state index is -1.04. The largest absolute Gasteiger partial charge is 0.480 e. The zero-order valence-corrected chi connectivity index (χ0v) is 11.6. The highest BCUT2D eigenvalue weighted by Crippen LogP contribution is 2.12. The Kier molecular flexibility index (Phi) is 4.92. The highest BCUT2D eigenvalue weighted by Gasteiger charge is 2.30. The van der Waals surface area contributed by atoms with Gasteiger partial charge in [-0.15, -0.1) is 0 Å². The molecule has 1 aromatic carbocycles. The number of carboxylic acids is 1. The van der Waals surface area contributed by atoms with Crippen molar-refractivity contribution in [2.24, 2.45) is 0 Å². The van der Waals surface area contributed by atoms with Crippen molar-refractivity contribution < 1.29 is 19.5 Å². The summed E-state index contributed by atoms with van der Waals surface area (Å²) < 4.78 is 0. The van der Waals surface area contributed by atoms with Crippen molar-refractivity contribution in [1.82, 2.24) is 10.2 Å². The number of nitrogens with one attached hydrogen (secondary N) is 1. The van der Waals surface area contributed by atoms with Gasteiger partial charge in [-0.05, 0) is 18.4 Å². The van der Waals surface area contributed by atoms with Gasteiger partial charge in [0.1, 0.15) is 12.6 Å². The summed E-state index contributed by atoms with van der Waals surface area (Å²) in [6.07, 6.45) is 1.45. The molecule has 2 rings (SSSR count). The summed E-state index contributed by atoms with van der Waals surface area (Å²) in [7, 11) is 0. The maximum absolute atomic E-state index is 12.1. The van der Waals surface area contributed by atoms with Crippen LogP contribution in [0.5, 0.6) is 0 Å². The number of likely N-dealkylation sites (tertiary alicyclic amines) is 1. The van der Waals surface area contributed by atoms with Gasteiger partial charge in [0.15, 0.2) is 0 Å². The molecule has 1 aliphatic heterocycles. The minimum Gasteiger partial charge on any atom is -0.480 e. The van der Waals surface area contributed by atoms with E-state index in [2.05, 4.69) is 5.32 Å². The van der Waals surface area contributed by atoms with Crippen LogP contribution in [0, 0.1) is 0 Å². The maximum Gasteiger partial charge on any atom is 0.323 e. The molecule has 1 saturated heterocycles. The van der Waals surface area contributed by atoms with Crippen molar-refractivity contribution in [3.63, 3.8) is 0 Å². The van der Waals surface area contributed by atoms with Crippen molar-refractivity contribution in [3.05, 3.63) is 35.9 Å². The topological polar surface area (TPSA) is 86.7 Å². The summed E-state index contributed by atoms with van der Waals surface area (Å²) in [5, 5.41) is 11.5. The first kappa shape index (κ1) is 15.0. The molecule has 2 amide bonds. The van der Waals surface area contributed by atoms with E-state index in [9.17, 15) is 14.4 Å². The first-order chi connectivity index (χ1) is 10.1. The lowest BCUT2D eigenvalue weighted by molar-refractivity contribution is -0.147. The lowest BCUT2D eigenvalue weighted by Gasteiger charge is -2.31. The Morgan fingerprint density at radius 2 is 2.00 bits per heavy atom. The molecular formula is C15H18N2O4. The standard InChI is InChI=1S/C15H18N2O4/c18-13(9-11-5-2-1-3-6-11)16-12-7-4-8-17(15(12)21)10-14(19)20/h1-3,5-6,12H,4,7-10H2,(H,16,18)(H,19,20)/t12-/m0/s1. The molecule has 1 aromatic rings. The van der Waals surface area contributed by atoms with Gasteiger partial charge in [0.05, 0.1) is 6.42 Å². The molecule has 0 aromatic heterocycles. The molecular weight excluding hydrogens is 272 g/mol. The minimum absolute atomic E-state index is 0.212. The van der Waals surface area contributed by atoms with E-state index in [0.717, 1.165) is 5.56 Å². The van der Waals surface area contributed by atoms with Gasteiger partial charge < -0.3 is 15.3 Å². The van der Waals surface area contributed by atoms with E-state index in [1.165, 1.54) is 4.90 Å². The Balaban J connectivity index is 1.90. The van der Waals surface area contributed by atoms with Crippen molar-refractivity contribution in [2.45, 2.75) is 25.3 Å². The zero-order chi connectivity index (χ0) is 15.2. The molecule has 0 bridgehead atoms. The molecule has 1 heterocycles. The first-order valence-electron chi connectivity index (χ1n) is 6.90. The number of carbonyl (C=O) groups excluding carboxylic acids is 2. The fourth-order valence-corrected chi connectivity index (χ4v) is 2.42. The van der Waals surface area contributed by atoms with Gasteiger partial charge in [0.25, 0.3) is 0 Å². The first-order valence-corrected chi connectivity index (χ1v) is 6.90. The van der Waals surface area contributed by atoms with Gasteiger partial charge in [-0.1, -0.05) is 30.3 Å². The molecule has 0 radical (unpaired) electrons. The fraction of sp³-hybridized carbons (Fsp3) is 0.400. The van der Waals surface area contributed by atoms with Gasteiger partial charge in [-0.25, -0.2) is 0 Å². The molecule has 21 heavy (non-hydrogen) atoms. The summed E-state index contributed by atoms with van der Waals surface area (Å²) in [5.41, 5.74) is 0.876. The lowest BCUT2D eigenvalue weighted by Crippen LogP contribution is -2.53. The molecule has 1 aliphatic rings. The van der Waals surface area contributed by atoms with Crippen molar-refractivity contribution >= 4 is 17.8 Å². The molecule has 0 spiro atoms. The number of rotatable bonds is 5. The molecule has 0 saturated carbocycles. The SMILES string of the molecule is O=C(O)CN1CCC[C@H](NC(=O)Cc2ccccc2)C1=O. The number of hydrogen-bond donors (Lipinski definition) is 2. The second kappa shape index (κ2) is 6.88. The molecule has 6 heteroatoms. The normalized spacial score (nSPS) is 18.4. The van der Waals surface area contributed by atoms with Crippen molar-refractivity contribution in [2.75, 3.05) is 13.1 Å². The summed E-state index contributed by atoms with van der Waals surface area (Å²) in [6, 6.07) is 8.65. The Labute approximate surface area is 122 Å². The van der Waals surface area contributed by atoms with E-state index in [1.54, 1.807) is 0 Å². The third-order valence-corrected chi connectivity index (χ3v) is 3.40.